The van der Waals surface area contributed by atoms with Gasteiger partial charge in [-0.05, 0) is 19.8 Å². The van der Waals surface area contributed by atoms with Gasteiger partial charge in [-0.3, -0.25) is 4.79 Å². The molecule has 13 heavy (non-hydrogen) atoms. The monoisotopic (exact) mass is 182 g/mol. The van der Waals surface area contributed by atoms with Gasteiger partial charge in [-0.2, -0.15) is 5.26 Å². The van der Waals surface area contributed by atoms with E-state index < -0.39 is 5.54 Å². The third kappa shape index (κ3) is 2.45. The summed E-state index contributed by atoms with van der Waals surface area (Å²) in [5, 5.41) is 8.79. The molecule has 0 N–H and O–H groups in total. The van der Waals surface area contributed by atoms with E-state index in [1.165, 1.54) is 0 Å². The maximum atomic E-state index is 11.1. The molecule has 0 radical (unpaired) electrons. The fourth-order valence-corrected chi connectivity index (χ4v) is 1.33. The Hall–Kier alpha value is -1.04. The van der Waals surface area contributed by atoms with E-state index in [0.717, 1.165) is 12.8 Å². The smallest absolute Gasteiger partial charge is 0.223 e. The van der Waals surface area contributed by atoms with Gasteiger partial charge in [0.05, 0.1) is 6.07 Å². The summed E-state index contributed by atoms with van der Waals surface area (Å²) >= 11 is 0. The molecule has 0 aromatic carbocycles. The Balaban J connectivity index is 0.000000671. The minimum Gasteiger partial charge on any atom is -0.327 e. The van der Waals surface area contributed by atoms with Gasteiger partial charge in [0.2, 0.25) is 5.91 Å². The molecule has 3 heteroatoms. The van der Waals surface area contributed by atoms with Gasteiger partial charge < -0.3 is 4.90 Å². The van der Waals surface area contributed by atoms with E-state index in [9.17, 15) is 4.79 Å². The highest BCUT2D eigenvalue weighted by Crippen LogP contribution is 2.25. The fraction of sp³-hybridized carbons (Fsp3) is 0.800. The number of carbonyl (C=O) groups excluding carboxylic acids is 1. The summed E-state index contributed by atoms with van der Waals surface area (Å²) in [5.41, 5.74) is -0.560. The number of nitriles is 1. The topological polar surface area (TPSA) is 44.1 Å². The molecule has 1 heterocycles. The summed E-state index contributed by atoms with van der Waals surface area (Å²) in [6, 6.07) is 2.17. The maximum absolute atomic E-state index is 11.1. The number of piperidine rings is 1. The highest BCUT2D eigenvalue weighted by atomic mass is 16.2. The molecule has 0 spiro atoms. The minimum absolute atomic E-state index is 0.0836. The third-order valence-electron chi connectivity index (χ3n) is 2.41. The molecule has 1 amide bonds. The number of nitrogens with zero attached hydrogens (tertiary/aromatic N) is 2. The molecular weight excluding hydrogens is 164 g/mol. The van der Waals surface area contributed by atoms with Crippen LogP contribution in [0.3, 0.4) is 0 Å². The van der Waals surface area contributed by atoms with Crippen LogP contribution in [-0.4, -0.2) is 23.4 Å². The first kappa shape index (κ1) is 12.0. The lowest BCUT2D eigenvalue weighted by molar-refractivity contribution is -0.136. The average molecular weight is 182 g/mol. The van der Waals surface area contributed by atoms with Crippen LogP contribution in [0.4, 0.5) is 0 Å². The Morgan fingerprint density at radius 2 is 2.08 bits per heavy atom. The second-order valence-corrected chi connectivity index (χ2v) is 3.19. The SMILES string of the molecule is CC.CN1C(=O)CCC[C@]1(C)C#N. The molecule has 1 saturated heterocycles. The average Bonchev–Trinajstić information content (AvgIpc) is 2.17. The lowest BCUT2D eigenvalue weighted by atomic mass is 9.90. The Bertz CT molecular complexity index is 219. The van der Waals surface area contributed by atoms with Gasteiger partial charge in [0.25, 0.3) is 0 Å². The van der Waals surface area contributed by atoms with Crippen molar-refractivity contribution < 1.29 is 4.79 Å². The largest absolute Gasteiger partial charge is 0.327 e. The number of carbonyl (C=O) groups is 1. The summed E-state index contributed by atoms with van der Waals surface area (Å²) in [4.78, 5) is 12.7. The van der Waals surface area contributed by atoms with Crippen LogP contribution < -0.4 is 0 Å². The van der Waals surface area contributed by atoms with Crippen LogP contribution >= 0.6 is 0 Å². The van der Waals surface area contributed by atoms with Crippen molar-refractivity contribution in [2.24, 2.45) is 0 Å². The number of hydrogen-bond acceptors (Lipinski definition) is 2. The summed E-state index contributed by atoms with van der Waals surface area (Å²) in [7, 11) is 1.70. The van der Waals surface area contributed by atoms with E-state index >= 15 is 0 Å². The summed E-state index contributed by atoms with van der Waals surface area (Å²) < 4.78 is 0. The maximum Gasteiger partial charge on any atom is 0.223 e. The van der Waals surface area contributed by atoms with Crippen molar-refractivity contribution in [2.75, 3.05) is 7.05 Å². The first-order valence-corrected chi connectivity index (χ1v) is 4.78. The van der Waals surface area contributed by atoms with E-state index in [-0.39, 0.29) is 5.91 Å². The van der Waals surface area contributed by atoms with Gasteiger partial charge in [-0.25, -0.2) is 0 Å². The van der Waals surface area contributed by atoms with Crippen LogP contribution in [0.25, 0.3) is 0 Å². The van der Waals surface area contributed by atoms with Crippen molar-refractivity contribution in [1.82, 2.24) is 4.90 Å². The molecule has 0 aromatic rings. The van der Waals surface area contributed by atoms with Crippen LogP contribution in [0.1, 0.15) is 40.0 Å². The minimum atomic E-state index is -0.560. The highest BCUT2D eigenvalue weighted by Gasteiger charge is 2.35. The van der Waals surface area contributed by atoms with Crippen molar-refractivity contribution >= 4 is 5.91 Å². The molecule has 0 aliphatic carbocycles. The van der Waals surface area contributed by atoms with E-state index in [1.54, 1.807) is 11.9 Å². The standard InChI is InChI=1S/C8H12N2O.C2H6/c1-8(6-9)5-3-4-7(11)10(8)2;1-2/h3-5H2,1-2H3;1-2H3/t8-;/m1./s1. The zero-order chi connectivity index (χ0) is 10.5. The van der Waals surface area contributed by atoms with Gasteiger partial charge in [0.1, 0.15) is 5.54 Å². The first-order valence-electron chi connectivity index (χ1n) is 4.78. The predicted molar refractivity (Wildman–Crippen MR) is 52.0 cm³/mol. The van der Waals surface area contributed by atoms with Gasteiger partial charge >= 0.3 is 0 Å². The van der Waals surface area contributed by atoms with Gasteiger partial charge in [-0.15, -0.1) is 0 Å². The molecule has 1 fully saturated rings. The Kier molecular flexibility index (Phi) is 4.47. The molecule has 0 aromatic heterocycles. The fourth-order valence-electron chi connectivity index (χ4n) is 1.33. The normalized spacial score (nSPS) is 27.3. The Morgan fingerprint density at radius 3 is 2.46 bits per heavy atom. The second-order valence-electron chi connectivity index (χ2n) is 3.19. The van der Waals surface area contributed by atoms with Gasteiger partial charge in [-0.1, -0.05) is 13.8 Å². The van der Waals surface area contributed by atoms with Crippen LogP contribution in [0, 0.1) is 11.3 Å². The van der Waals surface area contributed by atoms with Crippen LogP contribution in [-0.2, 0) is 4.79 Å². The van der Waals surface area contributed by atoms with E-state index in [0.29, 0.717) is 6.42 Å². The predicted octanol–water partition coefficient (Wildman–Crippen LogP) is 1.94. The Morgan fingerprint density at radius 1 is 1.54 bits per heavy atom. The quantitative estimate of drug-likeness (QED) is 0.574. The van der Waals surface area contributed by atoms with Crippen LogP contribution in [0.15, 0.2) is 0 Å². The van der Waals surface area contributed by atoms with Gasteiger partial charge in [0, 0.05) is 13.5 Å². The first-order chi connectivity index (χ1) is 6.10. The van der Waals surface area contributed by atoms with Gasteiger partial charge in [0.15, 0.2) is 0 Å². The molecule has 1 aliphatic rings. The van der Waals surface area contributed by atoms with Crippen molar-refractivity contribution in [3.8, 4) is 6.07 Å². The number of rotatable bonds is 0. The van der Waals surface area contributed by atoms with Crippen molar-refractivity contribution in [2.45, 2.75) is 45.6 Å². The van der Waals surface area contributed by atoms with Crippen molar-refractivity contribution in [3.05, 3.63) is 0 Å². The third-order valence-corrected chi connectivity index (χ3v) is 2.41. The van der Waals surface area contributed by atoms with Crippen LogP contribution in [0.2, 0.25) is 0 Å². The number of hydrogen-bond donors (Lipinski definition) is 0. The Labute approximate surface area is 80.3 Å². The molecule has 0 saturated carbocycles. The molecule has 1 aliphatic heterocycles. The molecular formula is C10H18N2O. The zero-order valence-electron chi connectivity index (χ0n) is 8.92. The molecule has 1 rings (SSSR count). The summed E-state index contributed by atoms with van der Waals surface area (Å²) in [5.74, 6) is 0.0836. The molecule has 3 nitrogen and oxygen atoms in total. The molecule has 74 valence electrons. The lowest BCUT2D eigenvalue weighted by Crippen LogP contribution is -2.49. The highest BCUT2D eigenvalue weighted by molar-refractivity contribution is 5.78. The van der Waals surface area contributed by atoms with E-state index in [4.69, 9.17) is 5.26 Å². The zero-order valence-corrected chi connectivity index (χ0v) is 8.92. The van der Waals surface area contributed by atoms with Crippen molar-refractivity contribution in [1.29, 1.82) is 5.26 Å². The van der Waals surface area contributed by atoms with E-state index in [2.05, 4.69) is 6.07 Å². The summed E-state index contributed by atoms with van der Waals surface area (Å²) in [6.45, 7) is 5.81. The number of likely N-dealkylation sites (tertiary alicyclic amines) is 1. The molecule has 1 atom stereocenters. The van der Waals surface area contributed by atoms with Crippen molar-refractivity contribution in [3.63, 3.8) is 0 Å². The van der Waals surface area contributed by atoms with Crippen LogP contribution in [0.5, 0.6) is 0 Å². The second kappa shape index (κ2) is 4.86. The lowest BCUT2D eigenvalue weighted by Gasteiger charge is -2.36. The molecule has 0 unspecified atom stereocenters. The molecule has 0 bridgehead atoms. The van der Waals surface area contributed by atoms with E-state index in [1.807, 2.05) is 20.8 Å². The number of amides is 1. The summed E-state index contributed by atoms with van der Waals surface area (Å²) in [6.07, 6.45) is 2.23.